The number of hydrogen-bond acceptors (Lipinski definition) is 5. The molecule has 0 aromatic heterocycles. The molecule has 0 aromatic rings. The van der Waals surface area contributed by atoms with Gasteiger partial charge in [0.2, 0.25) is 0 Å². The Labute approximate surface area is 148 Å². The molecule has 2 heterocycles. The number of aliphatic hydroxyl groups excluding tert-OH is 1. The van der Waals surface area contributed by atoms with Gasteiger partial charge in [0.1, 0.15) is 6.10 Å². The van der Waals surface area contributed by atoms with Crippen molar-refractivity contribution >= 4 is 5.78 Å². The second kappa shape index (κ2) is 4.86. The summed E-state index contributed by atoms with van der Waals surface area (Å²) in [5.41, 5.74) is -1.26. The van der Waals surface area contributed by atoms with E-state index >= 15 is 0 Å². The van der Waals surface area contributed by atoms with E-state index in [0.29, 0.717) is 18.8 Å². The predicted octanol–water partition coefficient (Wildman–Crippen LogP) is 1.11. The minimum atomic E-state index is -0.814. The van der Waals surface area contributed by atoms with Crippen LogP contribution in [-0.2, 0) is 9.53 Å². The number of piperidine rings is 1. The molecule has 5 heteroatoms. The number of likely N-dealkylation sites (tertiary alicyclic amines) is 1. The number of ketones is 1. The van der Waals surface area contributed by atoms with Crippen molar-refractivity contribution in [3.63, 3.8) is 0 Å². The van der Waals surface area contributed by atoms with Crippen LogP contribution in [0.5, 0.6) is 0 Å². The van der Waals surface area contributed by atoms with E-state index in [1.165, 1.54) is 12.8 Å². The average Bonchev–Trinajstić information content (AvgIpc) is 3.32. The summed E-state index contributed by atoms with van der Waals surface area (Å²) in [6.45, 7) is 2.09. The molecule has 2 aliphatic heterocycles. The quantitative estimate of drug-likeness (QED) is 0.783. The SMILES string of the molecule is O=C1CC[C@@]2(O)C3CC4CCC(O)C5OC1C2(CCN3CC1CC1)C45. The first kappa shape index (κ1) is 15.6. The molecule has 2 saturated heterocycles. The van der Waals surface area contributed by atoms with Gasteiger partial charge in [-0.1, -0.05) is 0 Å². The van der Waals surface area contributed by atoms with Gasteiger partial charge in [-0.15, -0.1) is 0 Å². The summed E-state index contributed by atoms with van der Waals surface area (Å²) in [5, 5.41) is 22.6. The highest BCUT2D eigenvalue weighted by Gasteiger charge is 2.77. The average molecular weight is 347 g/mol. The highest BCUT2D eigenvalue weighted by molar-refractivity contribution is 5.86. The molecule has 1 spiro atoms. The minimum Gasteiger partial charge on any atom is -0.390 e. The molecule has 0 aromatic carbocycles. The number of hydrogen-bond donors (Lipinski definition) is 2. The maximum Gasteiger partial charge on any atom is 0.162 e. The van der Waals surface area contributed by atoms with Crippen molar-refractivity contribution in [2.45, 2.75) is 81.3 Å². The summed E-state index contributed by atoms with van der Waals surface area (Å²) in [7, 11) is 0. The Morgan fingerprint density at radius 1 is 1.20 bits per heavy atom. The molecule has 2 N–H and O–H groups in total. The van der Waals surface area contributed by atoms with Gasteiger partial charge in [0.15, 0.2) is 5.78 Å². The van der Waals surface area contributed by atoms with Crippen LogP contribution in [0.4, 0.5) is 0 Å². The van der Waals surface area contributed by atoms with Crippen molar-refractivity contribution in [3.05, 3.63) is 0 Å². The first-order chi connectivity index (χ1) is 12.0. The van der Waals surface area contributed by atoms with E-state index in [0.717, 1.165) is 44.7 Å². The molecule has 6 fully saturated rings. The van der Waals surface area contributed by atoms with Crippen LogP contribution in [0.3, 0.4) is 0 Å². The standard InChI is InChI=1S/C20H29NO4/c22-13-4-3-12-9-15-20(24)6-5-14(23)18-19(20,16(12)17(13)25-18)7-8-21(15)10-11-1-2-11/h11-13,15-18,22,24H,1-10H2/t12?,13?,15?,16?,17?,18?,19?,20-/m1/s1. The number of rotatable bonds is 2. The first-order valence-electron chi connectivity index (χ1n) is 10.4. The van der Waals surface area contributed by atoms with E-state index in [4.69, 9.17) is 4.74 Å². The van der Waals surface area contributed by atoms with Gasteiger partial charge in [-0.3, -0.25) is 9.69 Å². The van der Waals surface area contributed by atoms with Crippen LogP contribution >= 0.6 is 0 Å². The lowest BCUT2D eigenvalue weighted by Gasteiger charge is -2.67. The number of aliphatic hydroxyl groups is 2. The largest absolute Gasteiger partial charge is 0.390 e. The lowest BCUT2D eigenvalue weighted by molar-refractivity contribution is -0.251. The third-order valence-corrected chi connectivity index (χ3v) is 8.80. The fourth-order valence-corrected chi connectivity index (χ4v) is 7.66. The minimum absolute atomic E-state index is 0.162. The van der Waals surface area contributed by atoms with Gasteiger partial charge in [0.05, 0.1) is 17.8 Å². The Morgan fingerprint density at radius 2 is 2.04 bits per heavy atom. The Hall–Kier alpha value is -0.490. The molecule has 2 bridgehead atoms. The van der Waals surface area contributed by atoms with E-state index in [1.807, 2.05) is 0 Å². The lowest BCUT2D eigenvalue weighted by Crippen LogP contribution is -2.77. The van der Waals surface area contributed by atoms with Crippen LogP contribution < -0.4 is 0 Å². The molecule has 0 radical (unpaired) electrons. The van der Waals surface area contributed by atoms with Crippen molar-refractivity contribution in [1.82, 2.24) is 4.90 Å². The fourth-order valence-electron chi connectivity index (χ4n) is 7.66. The highest BCUT2D eigenvalue weighted by atomic mass is 16.5. The molecule has 7 unspecified atom stereocenters. The van der Waals surface area contributed by atoms with Crippen molar-refractivity contribution < 1.29 is 19.7 Å². The molecule has 6 rings (SSSR count). The summed E-state index contributed by atoms with van der Waals surface area (Å²) in [5.74, 6) is 1.63. The topological polar surface area (TPSA) is 70.0 Å². The number of ether oxygens (including phenoxy) is 1. The number of nitrogens with zero attached hydrogens (tertiary/aromatic N) is 1. The third kappa shape index (κ3) is 1.76. The number of carbonyl (C=O) groups is 1. The summed E-state index contributed by atoms with van der Waals surface area (Å²) in [6.07, 6.45) is 6.13. The molecule has 4 aliphatic carbocycles. The van der Waals surface area contributed by atoms with Gasteiger partial charge in [-0.05, 0) is 63.3 Å². The monoisotopic (exact) mass is 347 g/mol. The molecular weight excluding hydrogens is 318 g/mol. The number of Topliss-reactive ketones (excluding diaryl/α,β-unsaturated/α-hetero) is 1. The van der Waals surface area contributed by atoms with Crippen LogP contribution in [0, 0.1) is 23.2 Å². The first-order valence-corrected chi connectivity index (χ1v) is 10.4. The van der Waals surface area contributed by atoms with Gasteiger partial charge < -0.3 is 14.9 Å². The molecule has 25 heavy (non-hydrogen) atoms. The van der Waals surface area contributed by atoms with Crippen molar-refractivity contribution in [2.24, 2.45) is 23.2 Å². The molecule has 4 saturated carbocycles. The highest BCUT2D eigenvalue weighted by Crippen LogP contribution is 2.69. The summed E-state index contributed by atoms with van der Waals surface area (Å²) in [4.78, 5) is 15.3. The van der Waals surface area contributed by atoms with E-state index < -0.39 is 23.2 Å². The Balaban J connectivity index is 1.47. The van der Waals surface area contributed by atoms with Crippen LogP contribution in [0.25, 0.3) is 0 Å². The normalized spacial score (nSPS) is 57.4. The maximum atomic E-state index is 12.8. The van der Waals surface area contributed by atoms with Crippen molar-refractivity contribution in [1.29, 1.82) is 0 Å². The lowest BCUT2D eigenvalue weighted by atomic mass is 9.43. The molecule has 6 aliphatic rings. The van der Waals surface area contributed by atoms with E-state index in [-0.39, 0.29) is 23.8 Å². The van der Waals surface area contributed by atoms with Gasteiger partial charge >= 0.3 is 0 Å². The number of carbonyl (C=O) groups excluding carboxylic acids is 1. The van der Waals surface area contributed by atoms with E-state index in [1.54, 1.807) is 0 Å². The van der Waals surface area contributed by atoms with Crippen molar-refractivity contribution in [3.8, 4) is 0 Å². The summed E-state index contributed by atoms with van der Waals surface area (Å²) in [6, 6.07) is 0.177. The van der Waals surface area contributed by atoms with Crippen LogP contribution in [0.15, 0.2) is 0 Å². The van der Waals surface area contributed by atoms with Crippen LogP contribution in [0.1, 0.15) is 51.4 Å². The Morgan fingerprint density at radius 3 is 2.84 bits per heavy atom. The molecular formula is C20H29NO4. The van der Waals surface area contributed by atoms with E-state index in [2.05, 4.69) is 4.90 Å². The Bertz CT molecular complexity index is 621. The zero-order valence-corrected chi connectivity index (χ0v) is 14.8. The molecule has 8 atom stereocenters. The van der Waals surface area contributed by atoms with E-state index in [9.17, 15) is 15.0 Å². The maximum absolute atomic E-state index is 12.8. The van der Waals surface area contributed by atoms with Gasteiger partial charge in [0.25, 0.3) is 0 Å². The van der Waals surface area contributed by atoms with Crippen LogP contribution in [0.2, 0.25) is 0 Å². The Kier molecular flexibility index (Phi) is 3.02. The van der Waals surface area contributed by atoms with Gasteiger partial charge in [0, 0.05) is 30.3 Å². The van der Waals surface area contributed by atoms with Gasteiger partial charge in [-0.25, -0.2) is 0 Å². The molecule has 0 amide bonds. The second-order valence-electron chi connectivity index (χ2n) is 9.78. The zero-order chi connectivity index (χ0) is 17.0. The fraction of sp³-hybridized carbons (Fsp3) is 0.950. The predicted molar refractivity (Wildman–Crippen MR) is 89.8 cm³/mol. The van der Waals surface area contributed by atoms with Crippen LogP contribution in [-0.4, -0.2) is 63.9 Å². The second-order valence-corrected chi connectivity index (χ2v) is 9.78. The summed E-state index contributed by atoms with van der Waals surface area (Å²) < 4.78 is 6.27. The third-order valence-electron chi connectivity index (χ3n) is 8.80. The molecule has 5 nitrogen and oxygen atoms in total. The zero-order valence-electron chi connectivity index (χ0n) is 14.8. The summed E-state index contributed by atoms with van der Waals surface area (Å²) >= 11 is 0. The molecule has 138 valence electrons. The smallest absolute Gasteiger partial charge is 0.162 e. The van der Waals surface area contributed by atoms with Crippen molar-refractivity contribution in [2.75, 3.05) is 13.1 Å². The van der Waals surface area contributed by atoms with Gasteiger partial charge in [-0.2, -0.15) is 0 Å².